The number of amides is 3. The van der Waals surface area contributed by atoms with E-state index in [9.17, 15) is 24.4 Å². The van der Waals surface area contributed by atoms with E-state index < -0.39 is 11.9 Å². The summed E-state index contributed by atoms with van der Waals surface area (Å²) in [5.41, 5.74) is 0.738. The third kappa shape index (κ3) is 8.02. The van der Waals surface area contributed by atoms with Crippen molar-refractivity contribution in [2.24, 2.45) is 16.7 Å². The maximum atomic E-state index is 13.5. The van der Waals surface area contributed by atoms with Gasteiger partial charge in [-0.05, 0) is 61.9 Å². The number of hydrogen-bond acceptors (Lipinski definition) is 12. The maximum Gasteiger partial charge on any atom is 0.275 e. The van der Waals surface area contributed by atoms with E-state index in [1.807, 2.05) is 18.2 Å². The predicted octanol–water partition coefficient (Wildman–Crippen LogP) is 4.73. The van der Waals surface area contributed by atoms with E-state index in [2.05, 4.69) is 74.2 Å². The number of halogens is 1. The Kier molecular flexibility index (Phi) is 11.3. The number of nitrogens with zero attached hydrogens (tertiary/aromatic N) is 8. The van der Waals surface area contributed by atoms with Crippen LogP contribution in [-0.4, -0.2) is 100 Å². The second-order valence-electron chi connectivity index (χ2n) is 17.8. The number of anilines is 2. The van der Waals surface area contributed by atoms with Gasteiger partial charge in [0.05, 0.1) is 27.7 Å². The molecule has 3 saturated heterocycles. The number of piperidine rings is 1. The molecule has 0 radical (unpaired) electrons. The van der Waals surface area contributed by atoms with Gasteiger partial charge in [-0.25, -0.2) is 14.6 Å². The van der Waals surface area contributed by atoms with Gasteiger partial charge in [0.15, 0.2) is 0 Å². The SMILES string of the molecule is CC1(C)C(NC(=O)c2cnc(N3CCCC(CN4CCN(c5ccc6c(=O)n([C@H]7CCC(=O)NC7=O)ncc6c5)CC4)CC3)nc2)C(C)(C)C1Oc1ccc(C#N)c(Cl)c1. The van der Waals surface area contributed by atoms with Crippen LogP contribution < -0.4 is 30.7 Å². The zero-order valence-electron chi connectivity index (χ0n) is 34.5. The van der Waals surface area contributed by atoms with Crippen molar-refractivity contribution in [2.45, 2.75) is 78.0 Å². The summed E-state index contributed by atoms with van der Waals surface area (Å²) in [7, 11) is 0. The number of nitriles is 1. The molecule has 1 aliphatic carbocycles. The number of rotatable bonds is 9. The highest BCUT2D eigenvalue weighted by molar-refractivity contribution is 6.31. The lowest BCUT2D eigenvalue weighted by atomic mass is 9.49. The smallest absolute Gasteiger partial charge is 0.275 e. The first kappa shape index (κ1) is 41.2. The third-order valence-electron chi connectivity index (χ3n) is 13.0. The van der Waals surface area contributed by atoms with Crippen LogP contribution in [0.25, 0.3) is 10.8 Å². The topological polar surface area (TPSA) is 179 Å². The number of hydrogen-bond donors (Lipinski definition) is 2. The number of benzene rings is 2. The van der Waals surface area contributed by atoms with E-state index in [0.717, 1.165) is 76.1 Å². The molecule has 3 amide bonds. The molecule has 5 heterocycles. The van der Waals surface area contributed by atoms with E-state index in [1.165, 1.54) is 4.68 Å². The molecule has 1 saturated carbocycles. The van der Waals surface area contributed by atoms with Crippen LogP contribution in [0, 0.1) is 28.1 Å². The van der Waals surface area contributed by atoms with Crippen LogP contribution in [0.1, 0.15) is 81.8 Å². The molecule has 60 heavy (non-hydrogen) atoms. The fourth-order valence-electron chi connectivity index (χ4n) is 10.00. The Hall–Kier alpha value is -5.59. The lowest BCUT2D eigenvalue weighted by Gasteiger charge is -2.63. The second kappa shape index (κ2) is 16.5. The van der Waals surface area contributed by atoms with Crippen molar-refractivity contribution in [1.82, 2.24) is 35.3 Å². The van der Waals surface area contributed by atoms with Gasteiger partial charge in [0.2, 0.25) is 11.9 Å². The summed E-state index contributed by atoms with van der Waals surface area (Å²) in [6.45, 7) is 14.7. The van der Waals surface area contributed by atoms with E-state index in [1.54, 1.807) is 36.8 Å². The molecule has 0 spiro atoms. The van der Waals surface area contributed by atoms with Gasteiger partial charge >= 0.3 is 0 Å². The van der Waals surface area contributed by atoms with Crippen LogP contribution in [0.15, 0.2) is 59.8 Å². The number of ether oxygens (including phenoxy) is 1. The van der Waals surface area contributed by atoms with E-state index >= 15 is 0 Å². The molecule has 3 aliphatic heterocycles. The first-order valence-electron chi connectivity index (χ1n) is 20.8. The first-order chi connectivity index (χ1) is 28.7. The molecule has 0 bridgehead atoms. The minimum Gasteiger partial charge on any atom is -0.489 e. The molecule has 314 valence electrons. The molecule has 2 N–H and O–H groups in total. The van der Waals surface area contributed by atoms with Gasteiger partial charge in [0.25, 0.3) is 17.4 Å². The molecule has 8 rings (SSSR count). The van der Waals surface area contributed by atoms with Crippen molar-refractivity contribution in [2.75, 3.05) is 55.6 Å². The van der Waals surface area contributed by atoms with Gasteiger partial charge in [-0.2, -0.15) is 10.4 Å². The van der Waals surface area contributed by atoms with Crippen molar-refractivity contribution < 1.29 is 19.1 Å². The van der Waals surface area contributed by atoms with Crippen LogP contribution in [0.4, 0.5) is 11.6 Å². The number of carbonyl (C=O) groups excluding carboxylic acids is 3. The minimum absolute atomic E-state index is 0.172. The maximum absolute atomic E-state index is 13.5. The standard InChI is InChI=1S/C44H51ClN10O5/c1-43(2)40(44(3,4)41(43)60-32-9-7-28(22-46)34(45)21-32)51-37(57)30-23-47-42(48-24-30)54-14-5-6-27(13-15-54)26-52-16-18-53(19-17-52)31-8-10-33-29(20-31)25-49-55(39(33)59)35-11-12-36(56)50-38(35)58/h7-10,20-21,23-25,27,35,40-41H,5-6,11-19,26H2,1-4H3,(H,51,57)(H,50,56,58)/t27?,35-,40?,41?/m0/s1. The Balaban J connectivity index is 0.806. The molecule has 4 aromatic rings. The number of carbonyl (C=O) groups is 3. The van der Waals surface area contributed by atoms with Crippen LogP contribution >= 0.6 is 11.6 Å². The molecule has 4 fully saturated rings. The van der Waals surface area contributed by atoms with Crippen LogP contribution in [0.3, 0.4) is 0 Å². The number of imide groups is 1. The molecule has 16 heteroatoms. The first-order valence-corrected chi connectivity index (χ1v) is 21.2. The fraction of sp³-hybridized carbons (Fsp3) is 0.500. The van der Waals surface area contributed by atoms with E-state index in [-0.39, 0.29) is 53.2 Å². The van der Waals surface area contributed by atoms with Crippen molar-refractivity contribution in [1.29, 1.82) is 5.26 Å². The summed E-state index contributed by atoms with van der Waals surface area (Å²) in [5, 5.41) is 20.6. The quantitative estimate of drug-likeness (QED) is 0.222. The lowest BCUT2D eigenvalue weighted by Crippen LogP contribution is -2.74. The minimum atomic E-state index is -0.788. The zero-order chi connectivity index (χ0) is 42.3. The van der Waals surface area contributed by atoms with Gasteiger partial charge in [0.1, 0.15) is 24.0 Å². The van der Waals surface area contributed by atoms with E-state index in [0.29, 0.717) is 39.2 Å². The normalized spacial score (nSPS) is 24.2. The highest BCUT2D eigenvalue weighted by atomic mass is 35.5. The monoisotopic (exact) mass is 834 g/mol. The van der Waals surface area contributed by atoms with Crippen LogP contribution in [0.5, 0.6) is 5.75 Å². The molecule has 1 unspecified atom stereocenters. The second-order valence-corrected chi connectivity index (χ2v) is 18.2. The van der Waals surface area contributed by atoms with Crippen molar-refractivity contribution in [3.8, 4) is 11.8 Å². The van der Waals surface area contributed by atoms with Gasteiger partial charge in [-0.1, -0.05) is 39.3 Å². The highest BCUT2D eigenvalue weighted by Gasteiger charge is 2.64. The Morgan fingerprint density at radius 3 is 2.38 bits per heavy atom. The Labute approximate surface area is 354 Å². The van der Waals surface area contributed by atoms with E-state index in [4.69, 9.17) is 16.3 Å². The van der Waals surface area contributed by atoms with Gasteiger partial charge in [0, 0.05) is 98.6 Å². The molecular weight excluding hydrogens is 784 g/mol. The lowest BCUT2D eigenvalue weighted by molar-refractivity contribution is -0.164. The number of aromatic nitrogens is 4. The Morgan fingerprint density at radius 2 is 1.68 bits per heavy atom. The largest absolute Gasteiger partial charge is 0.489 e. The summed E-state index contributed by atoms with van der Waals surface area (Å²) in [5.74, 6) is 0.733. The van der Waals surface area contributed by atoms with Crippen molar-refractivity contribution in [3.63, 3.8) is 0 Å². The molecule has 2 atom stereocenters. The summed E-state index contributed by atoms with van der Waals surface area (Å²) in [6, 6.07) is 11.9. The molecule has 2 aromatic heterocycles. The van der Waals surface area contributed by atoms with Crippen LogP contribution in [0.2, 0.25) is 5.02 Å². The number of nitrogens with one attached hydrogen (secondary N) is 2. The summed E-state index contributed by atoms with van der Waals surface area (Å²) >= 11 is 6.25. The summed E-state index contributed by atoms with van der Waals surface area (Å²) in [4.78, 5) is 67.1. The zero-order valence-corrected chi connectivity index (χ0v) is 35.2. The van der Waals surface area contributed by atoms with Gasteiger partial charge in [-0.3, -0.25) is 29.4 Å². The van der Waals surface area contributed by atoms with Crippen LogP contribution in [-0.2, 0) is 9.59 Å². The molecular formula is C44H51ClN10O5. The summed E-state index contributed by atoms with van der Waals surface area (Å²) in [6.07, 6.45) is 8.30. The molecule has 2 aromatic carbocycles. The molecule has 15 nitrogen and oxygen atoms in total. The van der Waals surface area contributed by atoms with Gasteiger partial charge in [-0.15, -0.1) is 0 Å². The number of piperazine rings is 1. The fourth-order valence-corrected chi connectivity index (χ4v) is 10.2. The predicted molar refractivity (Wildman–Crippen MR) is 227 cm³/mol. The average Bonchev–Trinajstić information content (AvgIpc) is 3.48. The number of fused-ring (bicyclic) bond motifs is 1. The highest BCUT2D eigenvalue weighted by Crippen LogP contribution is 2.55. The van der Waals surface area contributed by atoms with Crippen molar-refractivity contribution >= 4 is 51.7 Å². The summed E-state index contributed by atoms with van der Waals surface area (Å²) < 4.78 is 7.57. The average molecular weight is 835 g/mol. The Bertz CT molecular complexity index is 2390. The molecule has 4 aliphatic rings. The van der Waals surface area contributed by atoms with Crippen molar-refractivity contribution in [3.05, 3.63) is 81.5 Å². The van der Waals surface area contributed by atoms with Gasteiger partial charge < -0.3 is 19.9 Å². The Morgan fingerprint density at radius 1 is 0.933 bits per heavy atom. The third-order valence-corrected chi connectivity index (χ3v) is 13.3.